The number of pyridine rings is 1. The second kappa shape index (κ2) is 6.90. The molecule has 0 radical (unpaired) electrons. The molecule has 0 spiro atoms. The van der Waals surface area contributed by atoms with Gasteiger partial charge in [-0.1, -0.05) is 31.2 Å². The zero-order valence-corrected chi connectivity index (χ0v) is 11.5. The Morgan fingerprint density at radius 1 is 1.11 bits per heavy atom. The molecule has 3 heteroatoms. The fourth-order valence-corrected chi connectivity index (χ4v) is 1.81. The molecule has 19 heavy (non-hydrogen) atoms. The third-order valence-electron chi connectivity index (χ3n) is 2.95. The number of nitrogens with one attached hydrogen (secondary N) is 1. The van der Waals surface area contributed by atoms with Gasteiger partial charge in [-0.05, 0) is 36.7 Å². The van der Waals surface area contributed by atoms with Crippen molar-refractivity contribution in [2.24, 2.45) is 0 Å². The van der Waals surface area contributed by atoms with Gasteiger partial charge in [0.25, 0.3) is 0 Å². The van der Waals surface area contributed by atoms with Gasteiger partial charge >= 0.3 is 0 Å². The van der Waals surface area contributed by atoms with Gasteiger partial charge in [0.1, 0.15) is 12.4 Å². The maximum Gasteiger partial charge on any atom is 0.141 e. The number of ether oxygens (including phenoxy) is 1. The number of hydrogen-bond donors (Lipinski definition) is 1. The first kappa shape index (κ1) is 13.6. The van der Waals surface area contributed by atoms with E-state index in [2.05, 4.69) is 41.5 Å². The lowest BCUT2D eigenvalue weighted by Gasteiger charge is -2.09. The molecule has 0 unspecified atom stereocenters. The molecule has 1 N–H and O–H groups in total. The smallest absolute Gasteiger partial charge is 0.141 e. The van der Waals surface area contributed by atoms with E-state index in [1.54, 1.807) is 6.20 Å². The zero-order valence-electron chi connectivity index (χ0n) is 11.5. The van der Waals surface area contributed by atoms with Gasteiger partial charge in [0.2, 0.25) is 0 Å². The Morgan fingerprint density at radius 3 is 2.53 bits per heavy atom. The molecular formula is C16H20N2O. The number of benzene rings is 1. The summed E-state index contributed by atoms with van der Waals surface area (Å²) in [7, 11) is 0. The van der Waals surface area contributed by atoms with Crippen LogP contribution in [0.15, 0.2) is 42.6 Å². The van der Waals surface area contributed by atoms with E-state index in [0.29, 0.717) is 6.61 Å². The average Bonchev–Trinajstić information content (AvgIpc) is 2.45. The molecule has 0 aliphatic heterocycles. The molecule has 3 nitrogen and oxygen atoms in total. The maximum atomic E-state index is 5.77. The fourth-order valence-electron chi connectivity index (χ4n) is 1.81. The van der Waals surface area contributed by atoms with Crippen LogP contribution in [-0.2, 0) is 13.2 Å². The Kier molecular flexibility index (Phi) is 4.93. The van der Waals surface area contributed by atoms with Crippen LogP contribution in [0.5, 0.6) is 5.75 Å². The maximum absolute atomic E-state index is 5.77. The van der Waals surface area contributed by atoms with E-state index in [1.807, 2.05) is 19.1 Å². The van der Waals surface area contributed by atoms with Crippen LogP contribution in [0, 0.1) is 6.92 Å². The molecule has 1 heterocycles. The van der Waals surface area contributed by atoms with Crippen molar-refractivity contribution in [1.82, 2.24) is 10.3 Å². The summed E-state index contributed by atoms with van der Waals surface area (Å²) in [4.78, 5) is 4.21. The van der Waals surface area contributed by atoms with Crippen LogP contribution in [0.1, 0.15) is 23.7 Å². The summed E-state index contributed by atoms with van der Waals surface area (Å²) in [5.74, 6) is 0.847. The molecule has 0 amide bonds. The molecule has 0 aliphatic carbocycles. The highest BCUT2D eigenvalue weighted by Crippen LogP contribution is 2.15. The third kappa shape index (κ3) is 4.07. The monoisotopic (exact) mass is 256 g/mol. The number of hydrogen-bond acceptors (Lipinski definition) is 3. The molecule has 2 rings (SSSR count). The minimum absolute atomic E-state index is 0.577. The van der Waals surface area contributed by atoms with Crippen molar-refractivity contribution in [1.29, 1.82) is 0 Å². The second-order valence-corrected chi connectivity index (χ2v) is 4.47. The van der Waals surface area contributed by atoms with Gasteiger partial charge in [-0.2, -0.15) is 0 Å². The van der Waals surface area contributed by atoms with Gasteiger partial charge in [0, 0.05) is 12.7 Å². The summed E-state index contributed by atoms with van der Waals surface area (Å²) >= 11 is 0. The highest BCUT2D eigenvalue weighted by Gasteiger charge is 2.00. The van der Waals surface area contributed by atoms with Crippen LogP contribution in [0.2, 0.25) is 0 Å². The Balaban J connectivity index is 1.91. The molecule has 0 saturated carbocycles. The van der Waals surface area contributed by atoms with Crippen LogP contribution < -0.4 is 10.1 Å². The van der Waals surface area contributed by atoms with E-state index in [-0.39, 0.29) is 0 Å². The van der Waals surface area contributed by atoms with Crippen LogP contribution in [0.4, 0.5) is 0 Å². The predicted octanol–water partition coefficient (Wildman–Crippen LogP) is 3.08. The van der Waals surface area contributed by atoms with Crippen molar-refractivity contribution in [2.45, 2.75) is 27.0 Å². The lowest BCUT2D eigenvalue weighted by atomic mass is 10.1. The van der Waals surface area contributed by atoms with E-state index in [1.165, 1.54) is 11.1 Å². The first-order valence-electron chi connectivity index (χ1n) is 6.62. The Hall–Kier alpha value is -1.87. The van der Waals surface area contributed by atoms with Crippen molar-refractivity contribution < 1.29 is 4.74 Å². The Bertz CT molecular complexity index is 508. The van der Waals surface area contributed by atoms with Crippen molar-refractivity contribution in [2.75, 3.05) is 6.54 Å². The number of aryl methyl sites for hydroxylation is 1. The second-order valence-electron chi connectivity index (χ2n) is 4.47. The number of aromatic nitrogens is 1. The molecule has 0 saturated heterocycles. The van der Waals surface area contributed by atoms with Crippen molar-refractivity contribution in [3.05, 3.63) is 59.4 Å². The third-order valence-corrected chi connectivity index (χ3v) is 2.95. The van der Waals surface area contributed by atoms with Crippen molar-refractivity contribution in [3.63, 3.8) is 0 Å². The Labute approximate surface area is 114 Å². The van der Waals surface area contributed by atoms with Gasteiger partial charge in [0.05, 0.1) is 5.69 Å². The normalized spacial score (nSPS) is 10.4. The van der Waals surface area contributed by atoms with E-state index in [0.717, 1.165) is 24.5 Å². The van der Waals surface area contributed by atoms with E-state index in [9.17, 15) is 0 Å². The predicted molar refractivity (Wildman–Crippen MR) is 77.1 cm³/mol. The molecule has 0 fully saturated rings. The minimum atomic E-state index is 0.577. The molecule has 0 bridgehead atoms. The molecule has 1 aromatic carbocycles. The summed E-state index contributed by atoms with van der Waals surface area (Å²) in [6, 6.07) is 12.3. The van der Waals surface area contributed by atoms with E-state index in [4.69, 9.17) is 4.74 Å². The van der Waals surface area contributed by atoms with Crippen LogP contribution in [0.25, 0.3) is 0 Å². The highest BCUT2D eigenvalue weighted by molar-refractivity contribution is 5.27. The van der Waals surface area contributed by atoms with Crippen molar-refractivity contribution >= 4 is 0 Å². The summed E-state index contributed by atoms with van der Waals surface area (Å²) in [6.45, 7) is 6.55. The first-order chi connectivity index (χ1) is 9.29. The average molecular weight is 256 g/mol. The highest BCUT2D eigenvalue weighted by atomic mass is 16.5. The lowest BCUT2D eigenvalue weighted by Crippen LogP contribution is -2.11. The van der Waals surface area contributed by atoms with E-state index >= 15 is 0 Å². The number of nitrogens with zero attached hydrogens (tertiary/aromatic N) is 1. The number of rotatable bonds is 6. The standard InChI is InChI=1S/C16H20N2O/c1-3-17-11-14-6-8-15(9-7-14)12-19-16-5-4-10-18-13(16)2/h4-10,17H,3,11-12H2,1-2H3. The van der Waals surface area contributed by atoms with Gasteiger partial charge in [0.15, 0.2) is 0 Å². The first-order valence-corrected chi connectivity index (χ1v) is 6.62. The fraction of sp³-hybridized carbons (Fsp3) is 0.312. The van der Waals surface area contributed by atoms with E-state index < -0.39 is 0 Å². The van der Waals surface area contributed by atoms with Gasteiger partial charge in [-0.25, -0.2) is 0 Å². The topological polar surface area (TPSA) is 34.1 Å². The largest absolute Gasteiger partial charge is 0.487 e. The van der Waals surface area contributed by atoms with Crippen molar-refractivity contribution in [3.8, 4) is 5.75 Å². The lowest BCUT2D eigenvalue weighted by molar-refractivity contribution is 0.302. The summed E-state index contributed by atoms with van der Waals surface area (Å²) in [6.07, 6.45) is 1.78. The molecule has 1 aromatic heterocycles. The summed E-state index contributed by atoms with van der Waals surface area (Å²) in [5.41, 5.74) is 3.39. The van der Waals surface area contributed by atoms with Crippen LogP contribution >= 0.6 is 0 Å². The Morgan fingerprint density at radius 2 is 1.84 bits per heavy atom. The molecular weight excluding hydrogens is 236 g/mol. The van der Waals surface area contributed by atoms with Gasteiger partial charge in [-0.3, -0.25) is 4.98 Å². The summed E-state index contributed by atoms with van der Waals surface area (Å²) in [5, 5.41) is 3.31. The van der Waals surface area contributed by atoms with Crippen LogP contribution in [0.3, 0.4) is 0 Å². The molecule has 0 atom stereocenters. The SMILES string of the molecule is CCNCc1ccc(COc2cccnc2C)cc1. The zero-order chi connectivity index (χ0) is 13.5. The van der Waals surface area contributed by atoms with Crippen LogP contribution in [-0.4, -0.2) is 11.5 Å². The minimum Gasteiger partial charge on any atom is -0.487 e. The van der Waals surface area contributed by atoms with Gasteiger partial charge in [-0.15, -0.1) is 0 Å². The van der Waals surface area contributed by atoms with Gasteiger partial charge < -0.3 is 10.1 Å². The molecule has 0 aliphatic rings. The quantitative estimate of drug-likeness (QED) is 0.862. The molecule has 2 aromatic rings. The molecule has 100 valence electrons. The summed E-state index contributed by atoms with van der Waals surface area (Å²) < 4.78 is 5.77.